The van der Waals surface area contributed by atoms with Gasteiger partial charge in [0.1, 0.15) is 0 Å². The predicted octanol–water partition coefficient (Wildman–Crippen LogP) is 3.67. The van der Waals surface area contributed by atoms with Crippen molar-refractivity contribution >= 4 is 0 Å². The summed E-state index contributed by atoms with van der Waals surface area (Å²) in [6.45, 7) is 9.88. The minimum atomic E-state index is -0.655. The van der Waals surface area contributed by atoms with E-state index in [0.29, 0.717) is 6.42 Å². The quantitative estimate of drug-likeness (QED) is 0.709. The average molecular weight is 250 g/mol. The third-order valence-electron chi connectivity index (χ3n) is 1.93. The van der Waals surface area contributed by atoms with Crippen LogP contribution in [-0.2, 0) is 0 Å². The molecule has 1 atom stereocenters. The molecular formula is C14H35FN2. The van der Waals surface area contributed by atoms with Gasteiger partial charge in [0.2, 0.25) is 0 Å². The fourth-order valence-electron chi connectivity index (χ4n) is 0.910. The van der Waals surface area contributed by atoms with Crippen LogP contribution in [0.5, 0.6) is 0 Å². The zero-order valence-electron chi connectivity index (χ0n) is 13.4. The Balaban J connectivity index is -0.000000202. The fourth-order valence-corrected chi connectivity index (χ4v) is 0.910. The average Bonchev–Trinajstić information content (AvgIpc) is 2.27. The Kier molecular flexibility index (Phi) is 23.7. The maximum absolute atomic E-state index is 12.0. The molecule has 108 valence electrons. The summed E-state index contributed by atoms with van der Waals surface area (Å²) >= 11 is 0. The maximum Gasteiger partial charge on any atom is 0.0985 e. The van der Waals surface area contributed by atoms with Crippen molar-refractivity contribution in [3.05, 3.63) is 0 Å². The molecule has 0 bridgehead atoms. The Morgan fingerprint density at radius 2 is 1.35 bits per heavy atom. The van der Waals surface area contributed by atoms with Crippen molar-refractivity contribution in [2.75, 3.05) is 41.3 Å². The van der Waals surface area contributed by atoms with Gasteiger partial charge < -0.3 is 9.80 Å². The molecule has 0 aromatic carbocycles. The van der Waals surface area contributed by atoms with E-state index in [9.17, 15) is 4.39 Å². The number of nitrogens with zero attached hydrogens (tertiary/aromatic N) is 2. The van der Waals surface area contributed by atoms with Crippen LogP contribution in [0, 0.1) is 0 Å². The number of hydrogen-bond acceptors (Lipinski definition) is 2. The van der Waals surface area contributed by atoms with Crippen LogP contribution >= 0.6 is 0 Å². The molecule has 0 spiro atoms. The van der Waals surface area contributed by atoms with Crippen molar-refractivity contribution < 1.29 is 4.39 Å². The number of halogens is 1. The SMILES string of the molecule is CC.CC(F)CCN(C)C.CCCCN(C)C. The Morgan fingerprint density at radius 1 is 0.941 bits per heavy atom. The second kappa shape index (κ2) is 18.2. The fraction of sp³-hybridized carbons (Fsp3) is 1.00. The number of rotatable bonds is 6. The largest absolute Gasteiger partial charge is 0.309 e. The van der Waals surface area contributed by atoms with Gasteiger partial charge in [0.05, 0.1) is 6.17 Å². The van der Waals surface area contributed by atoms with Gasteiger partial charge in [0.15, 0.2) is 0 Å². The van der Waals surface area contributed by atoms with Gasteiger partial charge in [-0.25, -0.2) is 4.39 Å². The second-order valence-corrected chi connectivity index (χ2v) is 4.53. The van der Waals surface area contributed by atoms with Gasteiger partial charge in [0.25, 0.3) is 0 Å². The third-order valence-corrected chi connectivity index (χ3v) is 1.93. The summed E-state index contributed by atoms with van der Waals surface area (Å²) in [6, 6.07) is 0. The van der Waals surface area contributed by atoms with Crippen molar-refractivity contribution in [2.24, 2.45) is 0 Å². The van der Waals surface area contributed by atoms with E-state index < -0.39 is 6.17 Å². The van der Waals surface area contributed by atoms with E-state index in [1.54, 1.807) is 6.92 Å². The molecule has 17 heavy (non-hydrogen) atoms. The highest BCUT2D eigenvalue weighted by Gasteiger charge is 1.96. The van der Waals surface area contributed by atoms with Crippen LogP contribution in [-0.4, -0.2) is 57.3 Å². The van der Waals surface area contributed by atoms with E-state index in [1.165, 1.54) is 19.4 Å². The van der Waals surface area contributed by atoms with Gasteiger partial charge in [-0.1, -0.05) is 27.2 Å². The summed E-state index contributed by atoms with van der Waals surface area (Å²) < 4.78 is 12.0. The first-order valence-corrected chi connectivity index (χ1v) is 6.83. The maximum atomic E-state index is 12.0. The van der Waals surface area contributed by atoms with Crippen LogP contribution in [0.25, 0.3) is 0 Å². The van der Waals surface area contributed by atoms with Gasteiger partial charge in [-0.15, -0.1) is 0 Å². The Bertz CT molecular complexity index is 107. The Labute approximate surface area is 109 Å². The molecule has 0 N–H and O–H groups in total. The third kappa shape index (κ3) is 38.8. The second-order valence-electron chi connectivity index (χ2n) is 4.53. The highest BCUT2D eigenvalue weighted by atomic mass is 19.1. The van der Waals surface area contributed by atoms with Crippen LogP contribution < -0.4 is 0 Å². The summed E-state index contributed by atoms with van der Waals surface area (Å²) in [5.74, 6) is 0. The Hall–Kier alpha value is -0.150. The summed E-state index contributed by atoms with van der Waals surface area (Å²) in [4.78, 5) is 4.19. The molecular weight excluding hydrogens is 215 g/mol. The van der Waals surface area contributed by atoms with Crippen molar-refractivity contribution in [1.82, 2.24) is 9.80 Å². The number of hydrogen-bond donors (Lipinski definition) is 0. The number of unbranched alkanes of at least 4 members (excludes halogenated alkanes) is 1. The molecule has 1 unspecified atom stereocenters. The molecule has 2 nitrogen and oxygen atoms in total. The summed E-state index contributed by atoms with van der Waals surface area (Å²) in [7, 11) is 8.11. The summed E-state index contributed by atoms with van der Waals surface area (Å²) in [5.41, 5.74) is 0. The first-order valence-electron chi connectivity index (χ1n) is 6.83. The molecule has 0 amide bonds. The summed E-state index contributed by atoms with van der Waals surface area (Å²) in [6.07, 6.45) is 2.62. The molecule has 3 heteroatoms. The highest BCUT2D eigenvalue weighted by molar-refractivity contribution is 4.49. The number of alkyl halides is 1. The van der Waals surface area contributed by atoms with E-state index in [0.717, 1.165) is 6.54 Å². The highest BCUT2D eigenvalue weighted by Crippen LogP contribution is 1.94. The lowest BCUT2D eigenvalue weighted by atomic mass is 10.3. The molecule has 0 radical (unpaired) electrons. The smallest absolute Gasteiger partial charge is 0.0985 e. The topological polar surface area (TPSA) is 6.48 Å². The van der Waals surface area contributed by atoms with E-state index >= 15 is 0 Å². The molecule has 0 saturated heterocycles. The van der Waals surface area contributed by atoms with Gasteiger partial charge in [-0.3, -0.25) is 0 Å². The molecule has 0 rings (SSSR count). The lowest BCUT2D eigenvalue weighted by molar-refractivity contribution is 0.291. The minimum Gasteiger partial charge on any atom is -0.309 e. The van der Waals surface area contributed by atoms with Gasteiger partial charge in [-0.05, 0) is 54.5 Å². The monoisotopic (exact) mass is 250 g/mol. The zero-order valence-corrected chi connectivity index (χ0v) is 13.4. The van der Waals surface area contributed by atoms with E-state index in [4.69, 9.17) is 0 Å². The molecule has 0 aromatic rings. The zero-order chi connectivity index (χ0) is 14.3. The normalized spacial score (nSPS) is 11.5. The lowest BCUT2D eigenvalue weighted by Gasteiger charge is -2.08. The van der Waals surface area contributed by atoms with E-state index in [1.807, 2.05) is 32.8 Å². The molecule has 0 aliphatic heterocycles. The summed E-state index contributed by atoms with van der Waals surface area (Å²) in [5, 5.41) is 0. The van der Waals surface area contributed by atoms with Crippen molar-refractivity contribution in [1.29, 1.82) is 0 Å². The molecule has 0 aromatic heterocycles. The molecule has 0 aliphatic rings. The first-order chi connectivity index (χ1) is 7.90. The molecule has 0 saturated carbocycles. The minimum absolute atomic E-state index is 0.646. The predicted molar refractivity (Wildman–Crippen MR) is 78.6 cm³/mol. The van der Waals surface area contributed by atoms with Crippen LogP contribution in [0.1, 0.15) is 47.0 Å². The van der Waals surface area contributed by atoms with Crippen LogP contribution in [0.15, 0.2) is 0 Å². The molecule has 0 aliphatic carbocycles. The first kappa shape index (κ1) is 22.1. The Morgan fingerprint density at radius 3 is 1.47 bits per heavy atom. The van der Waals surface area contributed by atoms with Crippen molar-refractivity contribution in [3.8, 4) is 0 Å². The van der Waals surface area contributed by atoms with Crippen molar-refractivity contribution in [3.63, 3.8) is 0 Å². The van der Waals surface area contributed by atoms with Gasteiger partial charge in [-0.2, -0.15) is 0 Å². The lowest BCUT2D eigenvalue weighted by Crippen LogP contribution is -2.15. The van der Waals surface area contributed by atoms with Gasteiger partial charge in [0, 0.05) is 6.54 Å². The van der Waals surface area contributed by atoms with Crippen LogP contribution in [0.3, 0.4) is 0 Å². The molecule has 0 fully saturated rings. The van der Waals surface area contributed by atoms with Crippen LogP contribution in [0.4, 0.5) is 4.39 Å². The standard InChI is InChI=1S/C6H14FN.C6H15N.C2H6/c1-6(7)4-5-8(2)3;1-4-5-6-7(2)3;1-2/h6H,4-5H2,1-3H3;4-6H2,1-3H3;1-2H3. The molecule has 0 heterocycles. The van der Waals surface area contributed by atoms with Crippen molar-refractivity contribution in [2.45, 2.75) is 53.1 Å². The van der Waals surface area contributed by atoms with Gasteiger partial charge >= 0.3 is 0 Å². The van der Waals surface area contributed by atoms with E-state index in [2.05, 4.69) is 25.9 Å². The van der Waals surface area contributed by atoms with E-state index in [-0.39, 0.29) is 0 Å². The van der Waals surface area contributed by atoms with Crippen LogP contribution in [0.2, 0.25) is 0 Å².